The fraction of sp³-hybridized carbons (Fsp3) is 0.692. The van der Waals surface area contributed by atoms with Crippen molar-refractivity contribution in [3.63, 3.8) is 0 Å². The number of rotatable bonds is 4. The highest BCUT2D eigenvalue weighted by atomic mass is 16.5. The molecule has 6 heteroatoms. The van der Waals surface area contributed by atoms with Gasteiger partial charge in [-0.15, -0.1) is 0 Å². The molecular formula is C13H19N3O3. The maximum Gasteiger partial charge on any atom is 0.252 e. The van der Waals surface area contributed by atoms with Gasteiger partial charge in [0.15, 0.2) is 0 Å². The molecule has 0 bridgehead atoms. The van der Waals surface area contributed by atoms with E-state index >= 15 is 0 Å². The Bertz CT molecular complexity index is 450. The van der Waals surface area contributed by atoms with Crippen molar-refractivity contribution >= 4 is 5.91 Å². The van der Waals surface area contributed by atoms with Crippen LogP contribution in [0.1, 0.15) is 31.7 Å². The highest BCUT2D eigenvalue weighted by Crippen LogP contribution is 2.37. The first-order valence-corrected chi connectivity index (χ1v) is 6.69. The van der Waals surface area contributed by atoms with Crippen LogP contribution >= 0.6 is 0 Å². The second-order valence-electron chi connectivity index (χ2n) is 5.41. The predicted octanol–water partition coefficient (Wildman–Crippen LogP) is 0.243. The van der Waals surface area contributed by atoms with Crippen molar-refractivity contribution < 1.29 is 14.6 Å². The lowest BCUT2D eigenvalue weighted by Gasteiger charge is -2.45. The first kappa shape index (κ1) is 12.6. The average molecular weight is 265 g/mol. The van der Waals surface area contributed by atoms with E-state index in [2.05, 4.69) is 10.4 Å². The molecule has 1 amide bonds. The quantitative estimate of drug-likeness (QED) is 0.818. The lowest BCUT2D eigenvalue weighted by Crippen LogP contribution is -2.62. The summed E-state index contributed by atoms with van der Waals surface area (Å²) in [5.41, 5.74) is -0.644. The number of ether oxygens (including phenoxy) is 1. The number of aliphatic hydroxyl groups is 1. The highest BCUT2D eigenvalue weighted by molar-refractivity contribution is 5.86. The molecule has 0 aromatic carbocycles. The number of nitrogens with one attached hydrogen (secondary N) is 1. The van der Waals surface area contributed by atoms with E-state index in [0.717, 1.165) is 19.3 Å². The molecule has 2 aliphatic carbocycles. The van der Waals surface area contributed by atoms with Gasteiger partial charge in [-0.2, -0.15) is 5.10 Å². The second kappa shape index (κ2) is 4.61. The van der Waals surface area contributed by atoms with E-state index in [1.54, 1.807) is 18.0 Å². The number of nitrogens with zero attached hydrogens (tertiary/aromatic N) is 2. The SMILES string of the molecule is COC1(C(=O)N[C@H]2C[C@@H](O)[C@@H]2n2cccn2)CCC1. The van der Waals surface area contributed by atoms with Crippen molar-refractivity contribution in [2.45, 2.75) is 49.5 Å². The summed E-state index contributed by atoms with van der Waals surface area (Å²) in [6.45, 7) is 0. The Labute approximate surface area is 111 Å². The van der Waals surface area contributed by atoms with Gasteiger partial charge in [-0.25, -0.2) is 0 Å². The van der Waals surface area contributed by atoms with Gasteiger partial charge in [0.25, 0.3) is 5.91 Å². The minimum Gasteiger partial charge on any atom is -0.391 e. The maximum atomic E-state index is 12.3. The molecule has 3 atom stereocenters. The molecule has 0 unspecified atom stereocenters. The molecule has 19 heavy (non-hydrogen) atoms. The Morgan fingerprint density at radius 3 is 2.84 bits per heavy atom. The van der Waals surface area contributed by atoms with Crippen molar-refractivity contribution in [3.05, 3.63) is 18.5 Å². The summed E-state index contributed by atoms with van der Waals surface area (Å²) in [5, 5.41) is 17.0. The van der Waals surface area contributed by atoms with Crippen LogP contribution < -0.4 is 5.32 Å². The summed E-state index contributed by atoms with van der Waals surface area (Å²) in [6.07, 6.45) is 6.17. The van der Waals surface area contributed by atoms with E-state index in [1.165, 1.54) is 0 Å². The summed E-state index contributed by atoms with van der Waals surface area (Å²) < 4.78 is 7.07. The Balaban J connectivity index is 1.66. The van der Waals surface area contributed by atoms with Gasteiger partial charge in [0.2, 0.25) is 0 Å². The Morgan fingerprint density at radius 1 is 1.58 bits per heavy atom. The van der Waals surface area contributed by atoms with Crippen LogP contribution in [0.15, 0.2) is 18.5 Å². The zero-order valence-corrected chi connectivity index (χ0v) is 11.0. The number of hydrogen-bond acceptors (Lipinski definition) is 4. The van der Waals surface area contributed by atoms with Gasteiger partial charge < -0.3 is 15.2 Å². The first-order chi connectivity index (χ1) is 9.16. The zero-order valence-electron chi connectivity index (χ0n) is 11.0. The molecule has 0 spiro atoms. The topological polar surface area (TPSA) is 76.4 Å². The molecule has 104 valence electrons. The number of carbonyl (C=O) groups is 1. The summed E-state index contributed by atoms with van der Waals surface area (Å²) in [4.78, 5) is 12.3. The van der Waals surface area contributed by atoms with Gasteiger partial charge in [-0.05, 0) is 31.7 Å². The van der Waals surface area contributed by atoms with Gasteiger partial charge in [-0.3, -0.25) is 9.48 Å². The van der Waals surface area contributed by atoms with Gasteiger partial charge in [0, 0.05) is 19.5 Å². The number of carbonyl (C=O) groups excluding carboxylic acids is 1. The predicted molar refractivity (Wildman–Crippen MR) is 67.4 cm³/mol. The number of hydrogen-bond donors (Lipinski definition) is 2. The van der Waals surface area contributed by atoms with Crippen LogP contribution in [0.25, 0.3) is 0 Å². The molecule has 1 aromatic heterocycles. The molecule has 2 aliphatic rings. The minimum atomic E-state index is -0.644. The second-order valence-corrected chi connectivity index (χ2v) is 5.41. The van der Waals surface area contributed by atoms with Crippen LogP contribution in [0.3, 0.4) is 0 Å². The summed E-state index contributed by atoms with van der Waals surface area (Å²) >= 11 is 0. The van der Waals surface area contributed by atoms with E-state index in [9.17, 15) is 9.90 Å². The number of aromatic nitrogens is 2. The van der Waals surface area contributed by atoms with Crippen LogP contribution in [0.4, 0.5) is 0 Å². The zero-order chi connectivity index (χ0) is 13.5. The van der Waals surface area contributed by atoms with Crippen LogP contribution in [-0.2, 0) is 9.53 Å². The monoisotopic (exact) mass is 265 g/mol. The molecule has 1 heterocycles. The van der Waals surface area contributed by atoms with Crippen LogP contribution in [-0.4, -0.2) is 45.7 Å². The fourth-order valence-electron chi connectivity index (χ4n) is 2.89. The number of aliphatic hydroxyl groups excluding tert-OH is 1. The van der Waals surface area contributed by atoms with E-state index in [1.807, 2.05) is 12.3 Å². The molecule has 0 saturated heterocycles. The van der Waals surface area contributed by atoms with Gasteiger partial charge in [0.05, 0.1) is 18.2 Å². The Hall–Kier alpha value is -1.40. The van der Waals surface area contributed by atoms with Crippen molar-refractivity contribution in [2.75, 3.05) is 7.11 Å². The molecule has 2 saturated carbocycles. The van der Waals surface area contributed by atoms with Gasteiger partial charge >= 0.3 is 0 Å². The third kappa shape index (κ3) is 1.95. The smallest absolute Gasteiger partial charge is 0.252 e. The summed E-state index contributed by atoms with van der Waals surface area (Å²) in [5.74, 6) is -0.0599. The molecular weight excluding hydrogens is 246 g/mol. The standard InChI is InChI=1S/C13H19N3O3/c1-19-13(4-2-5-13)12(18)15-9-8-10(17)11(9)16-7-3-6-14-16/h3,6-7,9-11,17H,2,4-5,8H2,1H3,(H,15,18)/t9-,10+,11+/m0/s1. The minimum absolute atomic E-state index is 0.0599. The normalized spacial score (nSPS) is 32.2. The maximum absolute atomic E-state index is 12.3. The van der Waals surface area contributed by atoms with Gasteiger partial charge in [-0.1, -0.05) is 0 Å². The number of amides is 1. The van der Waals surface area contributed by atoms with E-state index in [4.69, 9.17) is 4.74 Å². The number of methoxy groups -OCH3 is 1. The molecule has 2 fully saturated rings. The highest BCUT2D eigenvalue weighted by Gasteiger charge is 2.49. The molecule has 1 aromatic rings. The van der Waals surface area contributed by atoms with Crippen molar-refractivity contribution in [2.24, 2.45) is 0 Å². The lowest BCUT2D eigenvalue weighted by atomic mass is 9.77. The molecule has 0 radical (unpaired) electrons. The van der Waals surface area contributed by atoms with Crippen LogP contribution in [0, 0.1) is 0 Å². The third-order valence-electron chi connectivity index (χ3n) is 4.41. The Morgan fingerprint density at radius 2 is 2.37 bits per heavy atom. The van der Waals surface area contributed by atoms with E-state index in [-0.39, 0.29) is 18.0 Å². The van der Waals surface area contributed by atoms with E-state index in [0.29, 0.717) is 6.42 Å². The first-order valence-electron chi connectivity index (χ1n) is 6.69. The fourth-order valence-corrected chi connectivity index (χ4v) is 2.89. The van der Waals surface area contributed by atoms with Crippen LogP contribution in [0.5, 0.6) is 0 Å². The largest absolute Gasteiger partial charge is 0.391 e. The molecule has 3 rings (SSSR count). The van der Waals surface area contributed by atoms with Gasteiger partial charge in [0.1, 0.15) is 5.60 Å². The van der Waals surface area contributed by atoms with Crippen molar-refractivity contribution in [1.29, 1.82) is 0 Å². The Kier molecular flexibility index (Phi) is 3.06. The van der Waals surface area contributed by atoms with Crippen molar-refractivity contribution in [1.82, 2.24) is 15.1 Å². The van der Waals surface area contributed by atoms with E-state index < -0.39 is 11.7 Å². The molecule has 2 N–H and O–H groups in total. The molecule has 0 aliphatic heterocycles. The third-order valence-corrected chi connectivity index (χ3v) is 4.41. The lowest BCUT2D eigenvalue weighted by molar-refractivity contribution is -0.157. The van der Waals surface area contributed by atoms with Crippen molar-refractivity contribution in [3.8, 4) is 0 Å². The summed E-state index contributed by atoms with van der Waals surface area (Å²) in [7, 11) is 1.58. The average Bonchev–Trinajstić information content (AvgIpc) is 2.80. The van der Waals surface area contributed by atoms with Crippen LogP contribution in [0.2, 0.25) is 0 Å². The summed E-state index contributed by atoms with van der Waals surface area (Å²) in [6, 6.07) is 1.56. The molecule has 6 nitrogen and oxygen atoms in total.